The van der Waals surface area contributed by atoms with E-state index in [1.807, 2.05) is 37.3 Å². The summed E-state index contributed by atoms with van der Waals surface area (Å²) in [6.45, 7) is 4.41. The lowest BCUT2D eigenvalue weighted by Crippen LogP contribution is -2.34. The fourth-order valence-corrected chi connectivity index (χ4v) is 4.54. The predicted molar refractivity (Wildman–Crippen MR) is 118 cm³/mol. The van der Waals surface area contributed by atoms with Gasteiger partial charge in [-0.05, 0) is 60.4 Å². The number of carbonyl (C=O) groups excluding carboxylic acids is 1. The number of sulfonamides is 1. The molecule has 0 spiro atoms. The lowest BCUT2D eigenvalue weighted by molar-refractivity contribution is -0.132. The smallest absolute Gasteiger partial charge is 0.240 e. The Morgan fingerprint density at radius 3 is 2.42 bits per heavy atom. The van der Waals surface area contributed by atoms with Crippen LogP contribution in [0.25, 0.3) is 0 Å². The quantitative estimate of drug-likeness (QED) is 0.554. The summed E-state index contributed by atoms with van der Waals surface area (Å²) in [5.41, 5.74) is 3.38. The molecule has 0 fully saturated rings. The first-order valence-corrected chi connectivity index (χ1v) is 11.5. The molecule has 1 N–H and O–H groups in total. The van der Waals surface area contributed by atoms with Crippen molar-refractivity contribution in [2.75, 3.05) is 6.54 Å². The first kappa shape index (κ1) is 22.6. The average Bonchev–Trinajstić information content (AvgIpc) is 2.76. The summed E-state index contributed by atoms with van der Waals surface area (Å²) < 4.78 is 27.9. The van der Waals surface area contributed by atoms with Gasteiger partial charge in [0.2, 0.25) is 15.9 Å². The molecule has 1 amide bonds. The van der Waals surface area contributed by atoms with Gasteiger partial charge in [-0.15, -0.1) is 0 Å². The highest BCUT2D eigenvalue weighted by atomic mass is 32.2. The van der Waals surface area contributed by atoms with Gasteiger partial charge in [0.1, 0.15) is 0 Å². The molecular formula is C23H26N4O3S. The zero-order valence-electron chi connectivity index (χ0n) is 17.7. The standard InChI is InChI=1S/C23H26N4O3S/c1-18-5-6-19(2)22(14-18)31(29,30)26-13-9-23(28)27(16-20-7-11-24-12-8-20)17-21-4-3-10-25-15-21/h3-8,10-12,14-15,26H,9,13,16-17H2,1-2H3. The van der Waals surface area contributed by atoms with E-state index >= 15 is 0 Å². The molecule has 0 saturated heterocycles. The summed E-state index contributed by atoms with van der Waals surface area (Å²) in [4.78, 5) is 23.0. The van der Waals surface area contributed by atoms with E-state index in [4.69, 9.17) is 0 Å². The van der Waals surface area contributed by atoms with E-state index in [0.29, 0.717) is 18.7 Å². The summed E-state index contributed by atoms with van der Waals surface area (Å²) in [5, 5.41) is 0. The molecule has 2 aromatic heterocycles. The van der Waals surface area contributed by atoms with E-state index < -0.39 is 10.0 Å². The number of aryl methyl sites for hydroxylation is 2. The molecule has 0 aliphatic rings. The normalized spacial score (nSPS) is 11.3. The highest BCUT2D eigenvalue weighted by molar-refractivity contribution is 7.89. The highest BCUT2D eigenvalue weighted by Crippen LogP contribution is 2.17. The largest absolute Gasteiger partial charge is 0.334 e. The fourth-order valence-electron chi connectivity index (χ4n) is 3.18. The lowest BCUT2D eigenvalue weighted by Gasteiger charge is -2.23. The molecule has 7 nitrogen and oxygen atoms in total. The second-order valence-electron chi connectivity index (χ2n) is 7.38. The third kappa shape index (κ3) is 6.44. The van der Waals surface area contributed by atoms with Gasteiger partial charge in [0.05, 0.1) is 4.90 Å². The third-order valence-corrected chi connectivity index (χ3v) is 6.44. The molecule has 3 aromatic rings. The van der Waals surface area contributed by atoms with Gasteiger partial charge in [-0.1, -0.05) is 18.2 Å². The highest BCUT2D eigenvalue weighted by Gasteiger charge is 2.19. The molecule has 8 heteroatoms. The van der Waals surface area contributed by atoms with Gasteiger partial charge in [0, 0.05) is 50.8 Å². The Hall–Kier alpha value is -3.10. The molecule has 0 aliphatic heterocycles. The van der Waals surface area contributed by atoms with Crippen molar-refractivity contribution in [3.05, 3.63) is 89.5 Å². The molecular weight excluding hydrogens is 412 g/mol. The van der Waals surface area contributed by atoms with Crippen molar-refractivity contribution in [2.45, 2.75) is 38.3 Å². The Labute approximate surface area is 183 Å². The minimum atomic E-state index is -3.69. The van der Waals surface area contributed by atoms with E-state index in [-0.39, 0.29) is 23.8 Å². The number of carbonyl (C=O) groups is 1. The van der Waals surface area contributed by atoms with Crippen molar-refractivity contribution in [1.29, 1.82) is 0 Å². The van der Waals surface area contributed by atoms with Crippen LogP contribution in [0, 0.1) is 13.8 Å². The SMILES string of the molecule is Cc1ccc(C)c(S(=O)(=O)NCCC(=O)N(Cc2ccncc2)Cc2cccnc2)c1. The van der Waals surface area contributed by atoms with Crippen molar-refractivity contribution < 1.29 is 13.2 Å². The number of aromatic nitrogens is 2. The molecule has 0 radical (unpaired) electrons. The van der Waals surface area contributed by atoms with Crippen LogP contribution >= 0.6 is 0 Å². The van der Waals surface area contributed by atoms with Gasteiger partial charge in [0.25, 0.3) is 0 Å². The summed E-state index contributed by atoms with van der Waals surface area (Å²) in [7, 11) is -3.69. The Balaban J connectivity index is 1.67. The van der Waals surface area contributed by atoms with E-state index in [9.17, 15) is 13.2 Å². The van der Waals surface area contributed by atoms with Crippen molar-refractivity contribution in [1.82, 2.24) is 19.6 Å². The molecule has 0 bridgehead atoms. The average molecular weight is 439 g/mol. The Morgan fingerprint density at radius 1 is 0.968 bits per heavy atom. The summed E-state index contributed by atoms with van der Waals surface area (Å²) in [5.74, 6) is -0.149. The summed E-state index contributed by atoms with van der Waals surface area (Å²) in [6.07, 6.45) is 6.81. The number of pyridine rings is 2. The van der Waals surface area contributed by atoms with Gasteiger partial charge < -0.3 is 4.90 Å². The molecule has 162 valence electrons. The maximum Gasteiger partial charge on any atom is 0.240 e. The monoisotopic (exact) mass is 438 g/mol. The predicted octanol–water partition coefficient (Wildman–Crippen LogP) is 2.99. The number of nitrogens with zero attached hydrogens (tertiary/aromatic N) is 3. The van der Waals surface area contributed by atoms with Crippen LogP contribution in [0.2, 0.25) is 0 Å². The Bertz CT molecular complexity index is 1080. The number of benzene rings is 1. The number of hydrogen-bond acceptors (Lipinski definition) is 5. The first-order valence-electron chi connectivity index (χ1n) is 9.97. The van der Waals surface area contributed by atoms with Crippen LogP contribution in [0.15, 0.2) is 72.1 Å². The van der Waals surface area contributed by atoms with Gasteiger partial charge in [-0.3, -0.25) is 14.8 Å². The zero-order valence-corrected chi connectivity index (χ0v) is 18.5. The molecule has 1 aromatic carbocycles. The van der Waals surface area contributed by atoms with Crippen molar-refractivity contribution in [3.63, 3.8) is 0 Å². The van der Waals surface area contributed by atoms with E-state index in [0.717, 1.165) is 16.7 Å². The van der Waals surface area contributed by atoms with Crippen LogP contribution in [0.4, 0.5) is 0 Å². The minimum Gasteiger partial charge on any atom is -0.334 e. The van der Waals surface area contributed by atoms with Crippen LogP contribution < -0.4 is 4.72 Å². The van der Waals surface area contributed by atoms with Gasteiger partial charge in [-0.25, -0.2) is 13.1 Å². The lowest BCUT2D eigenvalue weighted by atomic mass is 10.2. The van der Waals surface area contributed by atoms with Crippen LogP contribution in [0.5, 0.6) is 0 Å². The van der Waals surface area contributed by atoms with Crippen LogP contribution in [-0.2, 0) is 27.9 Å². The molecule has 0 saturated carbocycles. The first-order chi connectivity index (χ1) is 14.8. The van der Waals surface area contributed by atoms with Crippen molar-refractivity contribution in [2.24, 2.45) is 0 Å². The van der Waals surface area contributed by atoms with Crippen molar-refractivity contribution in [3.8, 4) is 0 Å². The number of rotatable bonds is 9. The Kier molecular flexibility index (Phi) is 7.49. The van der Waals surface area contributed by atoms with E-state index in [1.165, 1.54) is 0 Å². The van der Waals surface area contributed by atoms with E-state index in [2.05, 4.69) is 14.7 Å². The molecule has 0 unspecified atom stereocenters. The molecule has 2 heterocycles. The zero-order chi connectivity index (χ0) is 22.3. The molecule has 3 rings (SSSR count). The van der Waals surface area contributed by atoms with E-state index in [1.54, 1.807) is 48.7 Å². The van der Waals surface area contributed by atoms with Gasteiger partial charge >= 0.3 is 0 Å². The number of nitrogens with one attached hydrogen (secondary N) is 1. The van der Waals surface area contributed by atoms with Crippen LogP contribution in [0.3, 0.4) is 0 Å². The number of amides is 1. The number of hydrogen-bond donors (Lipinski definition) is 1. The Morgan fingerprint density at radius 2 is 1.71 bits per heavy atom. The second kappa shape index (κ2) is 10.3. The molecule has 0 aliphatic carbocycles. The van der Waals surface area contributed by atoms with Crippen LogP contribution in [-0.4, -0.2) is 35.7 Å². The van der Waals surface area contributed by atoms with Crippen molar-refractivity contribution >= 4 is 15.9 Å². The second-order valence-corrected chi connectivity index (χ2v) is 9.12. The maximum absolute atomic E-state index is 13.0. The third-order valence-electron chi connectivity index (χ3n) is 4.84. The molecule has 0 atom stereocenters. The minimum absolute atomic E-state index is 0.0223. The maximum atomic E-state index is 13.0. The summed E-state index contributed by atoms with van der Waals surface area (Å²) in [6, 6.07) is 12.7. The molecule has 31 heavy (non-hydrogen) atoms. The fraction of sp³-hybridized carbons (Fsp3) is 0.261. The van der Waals surface area contributed by atoms with Crippen LogP contribution in [0.1, 0.15) is 28.7 Å². The summed E-state index contributed by atoms with van der Waals surface area (Å²) >= 11 is 0. The van der Waals surface area contributed by atoms with Gasteiger partial charge in [-0.2, -0.15) is 0 Å². The topological polar surface area (TPSA) is 92.3 Å². The van der Waals surface area contributed by atoms with Gasteiger partial charge in [0.15, 0.2) is 0 Å².